The predicted molar refractivity (Wildman–Crippen MR) is 156 cm³/mol. The van der Waals surface area contributed by atoms with E-state index in [1.54, 1.807) is 29.2 Å². The minimum Gasteiger partial charge on any atom is -0.478 e. The molecule has 2 aliphatic heterocycles. The molecule has 204 valence electrons. The summed E-state index contributed by atoms with van der Waals surface area (Å²) in [7, 11) is 0. The van der Waals surface area contributed by atoms with Crippen molar-refractivity contribution in [2.24, 2.45) is 0 Å². The molecule has 3 aromatic carbocycles. The first-order valence-corrected chi connectivity index (χ1v) is 13.7. The zero-order chi connectivity index (χ0) is 28.1. The molecule has 3 aliphatic rings. The molecule has 0 bridgehead atoms. The molecule has 4 aromatic rings. The molecule has 7 rings (SSSR count). The normalized spacial score (nSPS) is 16.7. The summed E-state index contributed by atoms with van der Waals surface area (Å²) in [5, 5.41) is 16.5. The number of fused-ring (bicyclic) bond motifs is 2. The lowest BCUT2D eigenvalue weighted by Crippen LogP contribution is -2.32. The van der Waals surface area contributed by atoms with Crippen LogP contribution in [0.2, 0.25) is 0 Å². The fourth-order valence-corrected chi connectivity index (χ4v) is 5.81. The molecule has 9 heteroatoms. The maximum absolute atomic E-state index is 13.5. The van der Waals surface area contributed by atoms with Crippen molar-refractivity contribution in [3.05, 3.63) is 107 Å². The fourth-order valence-electron chi connectivity index (χ4n) is 5.81. The summed E-state index contributed by atoms with van der Waals surface area (Å²) in [6, 6.07) is 22.8. The first kappa shape index (κ1) is 24.8. The molecule has 9 nitrogen and oxygen atoms in total. The van der Waals surface area contributed by atoms with E-state index in [2.05, 4.69) is 21.4 Å². The highest BCUT2D eigenvalue weighted by atomic mass is 16.4. The SMILES string of the molecule is O=C1Nc2cc(C(=O)O)ccc2C1=C(c1ccccc1)N(c1ccc2c(c1)CCN2C(=O)Cn1cccn1)C1CC1. The van der Waals surface area contributed by atoms with Crippen LogP contribution in [0.1, 0.15) is 39.9 Å². The summed E-state index contributed by atoms with van der Waals surface area (Å²) in [6.45, 7) is 0.793. The number of carbonyl (C=O) groups is 3. The van der Waals surface area contributed by atoms with E-state index in [0.29, 0.717) is 23.4 Å². The van der Waals surface area contributed by atoms with Gasteiger partial charge < -0.3 is 20.2 Å². The molecule has 0 saturated heterocycles. The van der Waals surface area contributed by atoms with Gasteiger partial charge in [-0.15, -0.1) is 0 Å². The number of carboxylic acid groups (broad SMARTS) is 1. The van der Waals surface area contributed by atoms with E-state index in [-0.39, 0.29) is 30.0 Å². The molecule has 2 N–H and O–H groups in total. The standard InChI is InChI=1S/C32H27N5O4/c38-28(19-35-15-4-14-33-35)36-16-13-21-17-24(10-12-27(21)36)37(23-8-9-23)30(20-5-2-1-3-6-20)29-25-11-7-22(32(40)41)18-26(25)34-31(29)39/h1-7,10-12,14-15,17-18,23H,8-9,13,16,19H2,(H,34,39)(H,40,41). The third kappa shape index (κ3) is 4.45. The number of benzene rings is 3. The van der Waals surface area contributed by atoms with Crippen LogP contribution in [0.3, 0.4) is 0 Å². The number of aromatic carboxylic acids is 1. The van der Waals surface area contributed by atoms with Gasteiger partial charge in [0, 0.05) is 41.9 Å². The highest BCUT2D eigenvalue weighted by Gasteiger charge is 2.38. The number of carbonyl (C=O) groups excluding carboxylic acids is 2. The predicted octanol–water partition coefficient (Wildman–Crippen LogP) is 4.66. The third-order valence-electron chi connectivity index (χ3n) is 7.84. The Bertz CT molecular complexity index is 1720. The van der Waals surface area contributed by atoms with Crippen LogP contribution >= 0.6 is 0 Å². The van der Waals surface area contributed by atoms with Crippen molar-refractivity contribution in [2.45, 2.75) is 31.8 Å². The summed E-state index contributed by atoms with van der Waals surface area (Å²) < 4.78 is 1.63. The van der Waals surface area contributed by atoms with Crippen molar-refractivity contribution in [1.82, 2.24) is 9.78 Å². The summed E-state index contributed by atoms with van der Waals surface area (Å²) in [6.07, 6.45) is 6.16. The number of hydrogen-bond acceptors (Lipinski definition) is 5. The fraction of sp³-hybridized carbons (Fsp3) is 0.188. The minimum atomic E-state index is -1.04. The Morgan fingerprint density at radius 1 is 1.00 bits per heavy atom. The lowest BCUT2D eigenvalue weighted by Gasteiger charge is -2.30. The van der Waals surface area contributed by atoms with E-state index in [1.165, 1.54) is 12.1 Å². The average Bonchev–Trinajstić information content (AvgIpc) is 3.35. The van der Waals surface area contributed by atoms with Gasteiger partial charge >= 0.3 is 5.97 Å². The van der Waals surface area contributed by atoms with Gasteiger partial charge in [0.15, 0.2) is 0 Å². The second-order valence-corrected chi connectivity index (χ2v) is 10.5. The maximum Gasteiger partial charge on any atom is 0.335 e. The summed E-state index contributed by atoms with van der Waals surface area (Å²) >= 11 is 0. The maximum atomic E-state index is 13.5. The molecule has 1 aliphatic carbocycles. The zero-order valence-electron chi connectivity index (χ0n) is 22.2. The number of nitrogens with zero attached hydrogens (tertiary/aromatic N) is 4. The molecule has 0 unspecified atom stereocenters. The first-order chi connectivity index (χ1) is 20.0. The number of amides is 2. The molecule has 0 atom stereocenters. The van der Waals surface area contributed by atoms with E-state index in [1.807, 2.05) is 47.4 Å². The van der Waals surface area contributed by atoms with Gasteiger partial charge in [0.1, 0.15) is 6.54 Å². The van der Waals surface area contributed by atoms with Gasteiger partial charge in [0.2, 0.25) is 5.91 Å². The van der Waals surface area contributed by atoms with Gasteiger partial charge in [0.05, 0.1) is 22.5 Å². The Labute approximate surface area is 236 Å². The van der Waals surface area contributed by atoms with Crippen LogP contribution in [0, 0.1) is 0 Å². The Kier molecular flexibility index (Phi) is 5.92. The lowest BCUT2D eigenvalue weighted by atomic mass is 9.97. The Morgan fingerprint density at radius 2 is 1.83 bits per heavy atom. The number of aromatic nitrogens is 2. The Balaban J connectivity index is 1.32. The smallest absolute Gasteiger partial charge is 0.335 e. The monoisotopic (exact) mass is 545 g/mol. The highest BCUT2D eigenvalue weighted by Crippen LogP contribution is 2.46. The van der Waals surface area contributed by atoms with Gasteiger partial charge in [-0.2, -0.15) is 5.10 Å². The van der Waals surface area contributed by atoms with Crippen molar-refractivity contribution in [3.63, 3.8) is 0 Å². The van der Waals surface area contributed by atoms with Crippen LogP contribution < -0.4 is 15.1 Å². The quantitative estimate of drug-likeness (QED) is 0.327. The van der Waals surface area contributed by atoms with Gasteiger partial charge in [-0.05, 0) is 66.8 Å². The first-order valence-electron chi connectivity index (χ1n) is 13.7. The summed E-state index contributed by atoms with van der Waals surface area (Å²) in [5.74, 6) is -1.31. The van der Waals surface area contributed by atoms with Crippen LogP contribution in [0.4, 0.5) is 17.1 Å². The van der Waals surface area contributed by atoms with Crippen molar-refractivity contribution in [2.75, 3.05) is 21.7 Å². The molecule has 2 amide bonds. The zero-order valence-corrected chi connectivity index (χ0v) is 22.2. The van der Waals surface area contributed by atoms with E-state index in [0.717, 1.165) is 47.5 Å². The van der Waals surface area contributed by atoms with E-state index < -0.39 is 5.97 Å². The summed E-state index contributed by atoms with van der Waals surface area (Å²) in [4.78, 5) is 42.3. The molecule has 1 fully saturated rings. The van der Waals surface area contributed by atoms with E-state index in [9.17, 15) is 19.5 Å². The van der Waals surface area contributed by atoms with Crippen molar-refractivity contribution in [1.29, 1.82) is 0 Å². The van der Waals surface area contributed by atoms with Crippen LogP contribution in [0.5, 0.6) is 0 Å². The molecule has 1 saturated carbocycles. The molecule has 1 aromatic heterocycles. The van der Waals surface area contributed by atoms with Crippen LogP contribution in [-0.4, -0.2) is 45.3 Å². The van der Waals surface area contributed by atoms with E-state index >= 15 is 0 Å². The second-order valence-electron chi connectivity index (χ2n) is 10.5. The van der Waals surface area contributed by atoms with Crippen LogP contribution in [-0.2, 0) is 22.6 Å². The van der Waals surface area contributed by atoms with Gasteiger partial charge in [-0.25, -0.2) is 4.79 Å². The molecular formula is C32H27N5O4. The van der Waals surface area contributed by atoms with Crippen molar-refractivity contribution in [3.8, 4) is 0 Å². The highest BCUT2D eigenvalue weighted by molar-refractivity contribution is 6.37. The van der Waals surface area contributed by atoms with Gasteiger partial charge in [-0.1, -0.05) is 36.4 Å². The lowest BCUT2D eigenvalue weighted by molar-refractivity contribution is -0.119. The molecule has 41 heavy (non-hydrogen) atoms. The topological polar surface area (TPSA) is 108 Å². The van der Waals surface area contributed by atoms with Crippen LogP contribution in [0.15, 0.2) is 85.2 Å². The van der Waals surface area contributed by atoms with E-state index in [4.69, 9.17) is 0 Å². The summed E-state index contributed by atoms with van der Waals surface area (Å²) in [5.41, 5.74) is 6.45. The molecule has 3 heterocycles. The minimum absolute atomic E-state index is 0.00805. The number of hydrogen-bond donors (Lipinski definition) is 2. The van der Waals surface area contributed by atoms with Crippen molar-refractivity contribution < 1.29 is 19.5 Å². The van der Waals surface area contributed by atoms with Crippen LogP contribution in [0.25, 0.3) is 11.3 Å². The third-order valence-corrected chi connectivity index (χ3v) is 7.84. The number of anilines is 3. The number of carboxylic acids is 1. The van der Waals surface area contributed by atoms with Gasteiger partial charge in [-0.3, -0.25) is 14.3 Å². The average molecular weight is 546 g/mol. The van der Waals surface area contributed by atoms with Gasteiger partial charge in [0.25, 0.3) is 5.91 Å². The Hall–Kier alpha value is -5.18. The number of nitrogens with one attached hydrogen (secondary N) is 1. The second kappa shape index (κ2) is 9.78. The van der Waals surface area contributed by atoms with Crippen molar-refractivity contribution >= 4 is 46.1 Å². The molecular weight excluding hydrogens is 518 g/mol. The molecule has 0 radical (unpaired) electrons. The Morgan fingerprint density at radius 3 is 2.56 bits per heavy atom. The number of rotatable bonds is 7. The molecule has 0 spiro atoms. The largest absolute Gasteiger partial charge is 0.478 e.